The molecule has 2 aromatic rings. The summed E-state index contributed by atoms with van der Waals surface area (Å²) in [7, 11) is 0. The van der Waals surface area contributed by atoms with Gasteiger partial charge in [-0.3, -0.25) is 4.79 Å². The lowest BCUT2D eigenvalue weighted by atomic mass is 9.89. The third kappa shape index (κ3) is 3.72. The van der Waals surface area contributed by atoms with Crippen molar-refractivity contribution in [3.63, 3.8) is 0 Å². The molecular formula is C19H26ClN3O2. The van der Waals surface area contributed by atoms with E-state index >= 15 is 0 Å². The number of aryl methyl sites for hydroxylation is 1. The number of carbonyl (C=O) groups excluding carboxylic acids is 1. The number of carbonyl (C=O) groups is 1. The standard InChI is InChI=1S/C19H25N3O2.ClH/c1-12(2)18-17(13(3)21-24-18)19(23)22-10-15(9-20)16(11-22)14-7-5-4-6-8-14;/h4-8,12,15-16H,9-11,20H2,1-3H3;1H/t15-,16+;/m1./s1. The maximum Gasteiger partial charge on any atom is 0.259 e. The summed E-state index contributed by atoms with van der Waals surface area (Å²) in [6.07, 6.45) is 0. The van der Waals surface area contributed by atoms with Crippen LogP contribution in [0.1, 0.15) is 53.1 Å². The molecule has 5 nitrogen and oxygen atoms in total. The van der Waals surface area contributed by atoms with Gasteiger partial charge in [-0.05, 0) is 24.9 Å². The van der Waals surface area contributed by atoms with Gasteiger partial charge in [0.2, 0.25) is 0 Å². The van der Waals surface area contributed by atoms with Gasteiger partial charge >= 0.3 is 0 Å². The van der Waals surface area contributed by atoms with Gasteiger partial charge in [-0.25, -0.2) is 0 Å². The Morgan fingerprint density at radius 2 is 2.00 bits per heavy atom. The molecule has 1 amide bonds. The smallest absolute Gasteiger partial charge is 0.259 e. The zero-order valence-electron chi connectivity index (χ0n) is 14.9. The molecule has 2 heterocycles. The maximum absolute atomic E-state index is 13.1. The zero-order valence-corrected chi connectivity index (χ0v) is 15.8. The average Bonchev–Trinajstić information content (AvgIpc) is 3.18. The molecule has 3 rings (SSSR count). The number of aromatic nitrogens is 1. The van der Waals surface area contributed by atoms with E-state index in [0.29, 0.717) is 36.7 Å². The highest BCUT2D eigenvalue weighted by atomic mass is 35.5. The first kappa shape index (κ1) is 19.5. The Morgan fingerprint density at radius 1 is 1.32 bits per heavy atom. The molecule has 2 N–H and O–H groups in total. The van der Waals surface area contributed by atoms with Gasteiger partial charge in [0.15, 0.2) is 5.76 Å². The van der Waals surface area contributed by atoms with Crippen LogP contribution in [0.2, 0.25) is 0 Å². The average molecular weight is 364 g/mol. The summed E-state index contributed by atoms with van der Waals surface area (Å²) >= 11 is 0. The number of hydrogen-bond acceptors (Lipinski definition) is 4. The molecule has 0 aliphatic carbocycles. The number of nitrogens with zero attached hydrogens (tertiary/aromatic N) is 2. The lowest BCUT2D eigenvalue weighted by Gasteiger charge is -2.17. The van der Waals surface area contributed by atoms with Gasteiger partial charge in [0.25, 0.3) is 5.91 Å². The first-order valence-electron chi connectivity index (χ1n) is 8.53. The second-order valence-corrected chi connectivity index (χ2v) is 6.89. The summed E-state index contributed by atoms with van der Waals surface area (Å²) in [5, 5.41) is 4.00. The van der Waals surface area contributed by atoms with Gasteiger partial charge in [-0.2, -0.15) is 0 Å². The maximum atomic E-state index is 13.1. The molecule has 136 valence electrons. The minimum absolute atomic E-state index is 0. The van der Waals surface area contributed by atoms with E-state index < -0.39 is 0 Å². The van der Waals surface area contributed by atoms with Crippen molar-refractivity contribution in [3.8, 4) is 0 Å². The predicted molar refractivity (Wildman–Crippen MR) is 100 cm³/mol. The van der Waals surface area contributed by atoms with E-state index in [4.69, 9.17) is 10.3 Å². The molecule has 0 saturated carbocycles. The van der Waals surface area contributed by atoms with Gasteiger partial charge in [-0.15, -0.1) is 12.4 Å². The van der Waals surface area contributed by atoms with Crippen molar-refractivity contribution >= 4 is 18.3 Å². The summed E-state index contributed by atoms with van der Waals surface area (Å²) in [6, 6.07) is 10.3. The second-order valence-electron chi connectivity index (χ2n) is 6.89. The third-order valence-corrected chi connectivity index (χ3v) is 4.89. The van der Waals surface area contributed by atoms with Crippen molar-refractivity contribution in [2.75, 3.05) is 19.6 Å². The highest BCUT2D eigenvalue weighted by Crippen LogP contribution is 2.34. The minimum Gasteiger partial charge on any atom is -0.360 e. The van der Waals surface area contributed by atoms with E-state index in [1.54, 1.807) is 0 Å². The molecule has 0 unspecified atom stereocenters. The molecule has 1 saturated heterocycles. The summed E-state index contributed by atoms with van der Waals surface area (Å²) in [6.45, 7) is 7.78. The Hall–Kier alpha value is -1.85. The van der Waals surface area contributed by atoms with Crippen molar-refractivity contribution in [3.05, 3.63) is 52.9 Å². The molecular weight excluding hydrogens is 338 g/mol. The van der Waals surface area contributed by atoms with Crippen LogP contribution in [0.3, 0.4) is 0 Å². The number of likely N-dealkylation sites (tertiary alicyclic amines) is 1. The van der Waals surface area contributed by atoms with Crippen molar-refractivity contribution < 1.29 is 9.32 Å². The van der Waals surface area contributed by atoms with Crippen LogP contribution in [0.5, 0.6) is 0 Å². The molecule has 0 bridgehead atoms. The van der Waals surface area contributed by atoms with Crippen LogP contribution in [0, 0.1) is 12.8 Å². The van der Waals surface area contributed by atoms with E-state index in [-0.39, 0.29) is 36.1 Å². The summed E-state index contributed by atoms with van der Waals surface area (Å²) < 4.78 is 5.38. The van der Waals surface area contributed by atoms with Crippen LogP contribution in [0.25, 0.3) is 0 Å². The fraction of sp³-hybridized carbons (Fsp3) is 0.474. The monoisotopic (exact) mass is 363 g/mol. The van der Waals surface area contributed by atoms with E-state index in [2.05, 4.69) is 17.3 Å². The zero-order chi connectivity index (χ0) is 17.3. The molecule has 1 fully saturated rings. The summed E-state index contributed by atoms with van der Waals surface area (Å²) in [5.41, 5.74) is 8.51. The van der Waals surface area contributed by atoms with Crippen LogP contribution in [0.4, 0.5) is 0 Å². The van der Waals surface area contributed by atoms with Gasteiger partial charge < -0.3 is 15.2 Å². The molecule has 1 aromatic heterocycles. The van der Waals surface area contributed by atoms with Crippen molar-refractivity contribution in [2.45, 2.75) is 32.6 Å². The van der Waals surface area contributed by atoms with Crippen LogP contribution >= 0.6 is 12.4 Å². The Bertz CT molecular complexity index is 715. The number of benzene rings is 1. The van der Waals surface area contributed by atoms with Crippen LogP contribution < -0.4 is 5.73 Å². The Labute approximate surface area is 155 Å². The SMILES string of the molecule is Cc1noc(C(C)C)c1C(=O)N1C[C@@H](CN)[C@H](c2ccccc2)C1.Cl. The second kappa shape index (κ2) is 8.02. The fourth-order valence-corrected chi connectivity index (χ4v) is 3.55. The van der Waals surface area contributed by atoms with Gasteiger partial charge in [-0.1, -0.05) is 49.3 Å². The highest BCUT2D eigenvalue weighted by molar-refractivity contribution is 5.96. The number of amides is 1. The number of nitrogens with two attached hydrogens (primary N) is 1. The summed E-state index contributed by atoms with van der Waals surface area (Å²) in [5.74, 6) is 1.36. The topological polar surface area (TPSA) is 72.4 Å². The Balaban J connectivity index is 0.00000225. The molecule has 25 heavy (non-hydrogen) atoms. The van der Waals surface area contributed by atoms with E-state index in [9.17, 15) is 4.79 Å². The van der Waals surface area contributed by atoms with Crippen molar-refractivity contribution in [1.82, 2.24) is 10.1 Å². The molecule has 1 aromatic carbocycles. The van der Waals surface area contributed by atoms with Gasteiger partial charge in [0.1, 0.15) is 5.56 Å². The molecule has 0 spiro atoms. The lowest BCUT2D eigenvalue weighted by molar-refractivity contribution is 0.0783. The van der Waals surface area contributed by atoms with Crippen molar-refractivity contribution in [1.29, 1.82) is 0 Å². The minimum atomic E-state index is 0. The fourth-order valence-electron chi connectivity index (χ4n) is 3.55. The lowest BCUT2D eigenvalue weighted by Crippen LogP contribution is -2.30. The third-order valence-electron chi connectivity index (χ3n) is 4.89. The highest BCUT2D eigenvalue weighted by Gasteiger charge is 2.37. The Kier molecular flexibility index (Phi) is 6.25. The van der Waals surface area contributed by atoms with Crippen LogP contribution in [-0.4, -0.2) is 35.6 Å². The van der Waals surface area contributed by atoms with Crippen molar-refractivity contribution in [2.24, 2.45) is 11.7 Å². The van der Waals surface area contributed by atoms with Crippen LogP contribution in [-0.2, 0) is 0 Å². The number of halogens is 1. The normalized spacial score (nSPS) is 20.0. The van der Waals surface area contributed by atoms with Gasteiger partial charge in [0, 0.05) is 24.9 Å². The Morgan fingerprint density at radius 3 is 2.60 bits per heavy atom. The molecule has 6 heteroatoms. The molecule has 0 radical (unpaired) electrons. The number of hydrogen-bond donors (Lipinski definition) is 1. The number of rotatable bonds is 4. The largest absolute Gasteiger partial charge is 0.360 e. The quantitative estimate of drug-likeness (QED) is 0.904. The van der Waals surface area contributed by atoms with E-state index in [1.165, 1.54) is 5.56 Å². The molecule has 1 aliphatic heterocycles. The van der Waals surface area contributed by atoms with E-state index in [0.717, 1.165) is 0 Å². The predicted octanol–water partition coefficient (Wildman–Crippen LogP) is 3.34. The van der Waals surface area contributed by atoms with Gasteiger partial charge in [0.05, 0.1) is 5.69 Å². The first-order valence-corrected chi connectivity index (χ1v) is 8.53. The summed E-state index contributed by atoms with van der Waals surface area (Å²) in [4.78, 5) is 15.0. The molecule has 2 atom stereocenters. The first-order chi connectivity index (χ1) is 11.5. The van der Waals surface area contributed by atoms with Crippen LogP contribution in [0.15, 0.2) is 34.9 Å². The van der Waals surface area contributed by atoms with E-state index in [1.807, 2.05) is 43.9 Å². The molecule has 1 aliphatic rings.